The molecule has 3 aromatic rings. The maximum Gasteiger partial charge on any atom is 0.256 e. The van der Waals surface area contributed by atoms with Gasteiger partial charge in [0.15, 0.2) is 11.5 Å². The number of aryl methyl sites for hydroxylation is 3. The van der Waals surface area contributed by atoms with E-state index in [4.69, 9.17) is 15.2 Å². The fourth-order valence-corrected chi connectivity index (χ4v) is 8.16. The number of anilines is 1. The predicted molar refractivity (Wildman–Crippen MR) is 186 cm³/mol. The number of benzene rings is 3. The maximum atomic E-state index is 13.3. The number of nitrogens with two attached hydrogens (primary N) is 1. The van der Waals surface area contributed by atoms with E-state index < -0.39 is 0 Å². The molecule has 6 nitrogen and oxygen atoms in total. The number of carbonyl (C=O) groups is 2. The number of rotatable bonds is 12. The van der Waals surface area contributed by atoms with Crippen LogP contribution in [0.4, 0.5) is 5.69 Å². The van der Waals surface area contributed by atoms with Gasteiger partial charge in [-0.05, 0) is 48.5 Å². The average molecular weight is 724 g/mol. The van der Waals surface area contributed by atoms with E-state index in [1.165, 1.54) is 0 Å². The number of carbonyl (C=O) groups excluding carboxylic acids is 2. The fourth-order valence-electron chi connectivity index (χ4n) is 5.29. The van der Waals surface area contributed by atoms with Gasteiger partial charge in [-0.2, -0.15) is 0 Å². The molecule has 0 aromatic heterocycles. The van der Waals surface area contributed by atoms with E-state index >= 15 is 0 Å². The Bertz CT molecular complexity index is 1390. The van der Waals surface area contributed by atoms with E-state index in [-0.39, 0.29) is 50.4 Å². The zero-order valence-electron chi connectivity index (χ0n) is 27.5. The molecule has 45 heavy (non-hydrogen) atoms. The molecule has 1 heterocycles. The quantitative estimate of drug-likeness (QED) is 0.0880. The summed E-state index contributed by atoms with van der Waals surface area (Å²) in [5.41, 5.74) is 11.6. The number of hydrogen-bond donors (Lipinski definition) is 1. The number of ketones is 1. The fraction of sp³-hybridized carbons (Fsp3) is 0.417. The van der Waals surface area contributed by atoms with Gasteiger partial charge in [0.2, 0.25) is 0 Å². The number of ether oxygens (including phenoxy) is 2. The van der Waals surface area contributed by atoms with Crippen molar-refractivity contribution < 1.29 is 51.8 Å². The third kappa shape index (κ3) is 10.8. The van der Waals surface area contributed by atoms with Crippen molar-refractivity contribution in [3.05, 3.63) is 94.9 Å². The molecule has 9 heteroatoms. The second kappa shape index (κ2) is 19.6. The summed E-state index contributed by atoms with van der Waals surface area (Å²) in [4.78, 5) is 27.6. The molecule has 0 bridgehead atoms. The van der Waals surface area contributed by atoms with Gasteiger partial charge in [-0.25, -0.2) is 0 Å². The Kier molecular flexibility index (Phi) is 17.1. The Balaban J connectivity index is 0.000000337. The molecule has 1 amide bonds. The molecule has 1 radical (unpaired) electrons. The Morgan fingerprint density at radius 1 is 1.04 bits per heavy atom. The van der Waals surface area contributed by atoms with Crippen LogP contribution in [0.25, 0.3) is 0 Å². The number of nitrogens with zero attached hydrogens (tertiary/aromatic N) is 1. The number of nitrogen functional groups attached to an aromatic ring is 1. The van der Waals surface area contributed by atoms with Gasteiger partial charge in [-0.1, -0.05) is 52.0 Å². The maximum absolute atomic E-state index is 13.3. The standard InChI is InChI=1S/C20H31N2O3S2.C16H15O.Y/c1-5-11-25-18-13-15(21)14(12-17(18)24-4)19(23)22-10-8-9-16(22)20(26-6-2)27-7-3;1-11-8-12(2)10-14(9-11)16(17)15-7-5-4-6-13(15)3;/h12-13,16,20H,1,5-11,21H2,2-4H3;4-9H,1-3H3;/q2*-1;/t16-;;/m0../s1. The minimum Gasteiger partial charge on any atom is -0.493 e. The molecule has 241 valence electrons. The van der Waals surface area contributed by atoms with Crippen LogP contribution < -0.4 is 15.2 Å². The van der Waals surface area contributed by atoms with Crippen LogP contribution in [-0.4, -0.2) is 59.0 Å². The number of likely N-dealkylation sites (tertiary alicyclic amines) is 1. The molecule has 0 saturated carbocycles. The molecule has 1 saturated heterocycles. The second-order valence-electron chi connectivity index (χ2n) is 10.7. The van der Waals surface area contributed by atoms with Crippen molar-refractivity contribution >= 4 is 40.9 Å². The first-order valence-corrected chi connectivity index (χ1v) is 17.3. The number of amides is 1. The Labute approximate surface area is 303 Å². The van der Waals surface area contributed by atoms with Gasteiger partial charge in [0, 0.05) is 51.0 Å². The SMILES string of the molecule is Cc1[c-]c(C(=O)c2ccccc2C)cc(C)c1.[CH2-]CCOc1cc(N)c(C(=O)N2CCC[C@H]2C(SCC)SCC)cc1OC.[Y]. The van der Waals surface area contributed by atoms with Crippen LogP contribution in [0, 0.1) is 33.8 Å². The summed E-state index contributed by atoms with van der Waals surface area (Å²) in [6, 6.07) is 18.3. The van der Waals surface area contributed by atoms with Gasteiger partial charge in [-0.3, -0.25) is 4.79 Å². The summed E-state index contributed by atoms with van der Waals surface area (Å²) in [6.45, 7) is 15.3. The first kappa shape index (κ1) is 39.2. The molecule has 2 N–H and O–H groups in total. The molecular weight excluding hydrogens is 677 g/mol. The summed E-state index contributed by atoms with van der Waals surface area (Å²) in [5.74, 6) is 3.20. The zero-order chi connectivity index (χ0) is 32.2. The molecule has 0 aliphatic carbocycles. The summed E-state index contributed by atoms with van der Waals surface area (Å²) >= 11 is 3.85. The van der Waals surface area contributed by atoms with Crippen molar-refractivity contribution in [2.24, 2.45) is 0 Å². The molecular formula is C36H46N2O4S2Y-2. The van der Waals surface area contributed by atoms with Crippen LogP contribution in [0.3, 0.4) is 0 Å². The van der Waals surface area contributed by atoms with E-state index in [0.717, 1.165) is 53.1 Å². The Morgan fingerprint density at radius 3 is 2.33 bits per heavy atom. The van der Waals surface area contributed by atoms with Crippen LogP contribution in [-0.2, 0) is 32.7 Å². The topological polar surface area (TPSA) is 81.9 Å². The van der Waals surface area contributed by atoms with Crippen molar-refractivity contribution in [2.45, 2.75) is 64.5 Å². The number of methoxy groups -OCH3 is 1. The molecule has 0 spiro atoms. The summed E-state index contributed by atoms with van der Waals surface area (Å²) < 4.78 is 11.5. The van der Waals surface area contributed by atoms with Crippen molar-refractivity contribution in [3.8, 4) is 11.5 Å². The minimum absolute atomic E-state index is 0. The van der Waals surface area contributed by atoms with Gasteiger partial charge in [0.1, 0.15) is 5.78 Å². The Hall–Kier alpha value is -2.00. The molecule has 1 atom stereocenters. The van der Waals surface area contributed by atoms with Crippen molar-refractivity contribution in [3.63, 3.8) is 0 Å². The molecule has 1 aliphatic heterocycles. The van der Waals surface area contributed by atoms with Crippen LogP contribution in [0.5, 0.6) is 11.5 Å². The van der Waals surface area contributed by atoms with Crippen molar-refractivity contribution in [2.75, 3.05) is 37.5 Å². The molecule has 4 rings (SSSR count). The van der Waals surface area contributed by atoms with Gasteiger partial charge in [0.05, 0.1) is 29.9 Å². The van der Waals surface area contributed by atoms with E-state index in [1.54, 1.807) is 19.2 Å². The number of thioether (sulfide) groups is 2. The van der Waals surface area contributed by atoms with Gasteiger partial charge < -0.3 is 31.8 Å². The average Bonchev–Trinajstić information content (AvgIpc) is 3.49. The van der Waals surface area contributed by atoms with Gasteiger partial charge in [0.25, 0.3) is 5.91 Å². The van der Waals surface area contributed by atoms with Crippen LogP contribution in [0.15, 0.2) is 48.5 Å². The monoisotopic (exact) mass is 723 g/mol. The van der Waals surface area contributed by atoms with E-state index in [1.807, 2.05) is 85.6 Å². The summed E-state index contributed by atoms with van der Waals surface area (Å²) in [6.07, 6.45) is 2.71. The molecule has 0 unspecified atom stereocenters. The normalized spacial score (nSPS) is 14.0. The van der Waals surface area contributed by atoms with Gasteiger partial charge in [-0.15, -0.1) is 64.8 Å². The minimum atomic E-state index is -0.0181. The predicted octanol–water partition coefficient (Wildman–Crippen LogP) is 7.96. The van der Waals surface area contributed by atoms with Crippen molar-refractivity contribution in [1.29, 1.82) is 0 Å². The third-order valence-corrected chi connectivity index (χ3v) is 10.1. The van der Waals surface area contributed by atoms with E-state index in [0.29, 0.717) is 45.9 Å². The first-order chi connectivity index (χ1) is 21.1. The number of hydrogen-bond acceptors (Lipinski definition) is 7. The van der Waals surface area contributed by atoms with Crippen molar-refractivity contribution in [1.82, 2.24) is 4.90 Å². The third-order valence-electron chi connectivity index (χ3n) is 7.29. The van der Waals surface area contributed by atoms with Crippen LogP contribution in [0.1, 0.15) is 76.1 Å². The largest absolute Gasteiger partial charge is 0.493 e. The molecule has 1 aliphatic rings. The molecule has 1 fully saturated rings. The van der Waals surface area contributed by atoms with Crippen LogP contribution >= 0.6 is 23.5 Å². The molecule has 3 aromatic carbocycles. The summed E-state index contributed by atoms with van der Waals surface area (Å²) in [5, 5.41) is 0. The Morgan fingerprint density at radius 2 is 1.73 bits per heavy atom. The first-order valence-electron chi connectivity index (χ1n) is 15.2. The van der Waals surface area contributed by atoms with Gasteiger partial charge >= 0.3 is 0 Å². The summed E-state index contributed by atoms with van der Waals surface area (Å²) in [7, 11) is 1.57. The van der Waals surface area contributed by atoms with E-state index in [9.17, 15) is 9.59 Å². The second-order valence-corrected chi connectivity index (χ2v) is 13.8. The zero-order valence-corrected chi connectivity index (χ0v) is 32.0. The van der Waals surface area contributed by atoms with Crippen LogP contribution in [0.2, 0.25) is 0 Å². The smallest absolute Gasteiger partial charge is 0.256 e. The van der Waals surface area contributed by atoms with E-state index in [2.05, 4.69) is 26.8 Å².